The van der Waals surface area contributed by atoms with Crippen LogP contribution in [-0.2, 0) is 0 Å². The van der Waals surface area contributed by atoms with Crippen LogP contribution in [0.15, 0.2) is 63.8 Å². The number of rotatable bonds is 7. The van der Waals surface area contributed by atoms with Crippen molar-refractivity contribution >= 4 is 66.7 Å². The van der Waals surface area contributed by atoms with E-state index < -0.39 is 5.63 Å². The predicted molar refractivity (Wildman–Crippen MR) is 156 cm³/mol. The van der Waals surface area contributed by atoms with Gasteiger partial charge < -0.3 is 9.32 Å². The van der Waals surface area contributed by atoms with Crippen LogP contribution in [0.2, 0.25) is 0 Å². The maximum Gasteiger partial charge on any atom is 0.349 e. The van der Waals surface area contributed by atoms with Crippen LogP contribution in [0, 0.1) is 13.8 Å². The third-order valence-corrected chi connectivity index (χ3v) is 7.73. The first-order chi connectivity index (χ1) is 17.4. The SMILES string of the molecule is CCN(CC)CCN(C(=O)c1cc2c(ccc3ccccc32)oc1=O)c1nc2c(C)cc(C)cc2s1.Cl. The Bertz CT molecular complexity index is 1660. The van der Waals surface area contributed by atoms with Gasteiger partial charge in [-0.3, -0.25) is 9.69 Å². The fraction of sp³-hybridized carbons (Fsp3) is 0.276. The van der Waals surface area contributed by atoms with E-state index in [1.807, 2.05) is 37.3 Å². The Labute approximate surface area is 225 Å². The zero-order chi connectivity index (χ0) is 25.4. The minimum Gasteiger partial charge on any atom is -0.422 e. The molecule has 0 fully saturated rings. The molecule has 0 aliphatic rings. The quantitative estimate of drug-likeness (QED) is 0.174. The van der Waals surface area contributed by atoms with E-state index in [2.05, 4.69) is 37.8 Å². The molecule has 0 aliphatic carbocycles. The molecule has 192 valence electrons. The van der Waals surface area contributed by atoms with E-state index in [1.165, 1.54) is 11.3 Å². The van der Waals surface area contributed by atoms with Gasteiger partial charge in [0.2, 0.25) is 0 Å². The number of thiazole rings is 1. The molecule has 0 saturated heterocycles. The van der Waals surface area contributed by atoms with Gasteiger partial charge in [0.15, 0.2) is 5.13 Å². The lowest BCUT2D eigenvalue weighted by Crippen LogP contribution is -2.40. The molecule has 6 nitrogen and oxygen atoms in total. The lowest BCUT2D eigenvalue weighted by atomic mass is 10.0. The van der Waals surface area contributed by atoms with Crippen molar-refractivity contribution < 1.29 is 9.21 Å². The highest BCUT2D eigenvalue weighted by Crippen LogP contribution is 2.33. The van der Waals surface area contributed by atoms with Gasteiger partial charge in [-0.15, -0.1) is 12.4 Å². The van der Waals surface area contributed by atoms with Crippen molar-refractivity contribution in [3.8, 4) is 0 Å². The first-order valence-corrected chi connectivity index (χ1v) is 13.1. The minimum absolute atomic E-state index is 0. The van der Waals surface area contributed by atoms with Gasteiger partial charge in [0.25, 0.3) is 5.91 Å². The van der Waals surface area contributed by atoms with E-state index in [-0.39, 0.29) is 23.9 Å². The minimum atomic E-state index is -0.635. The highest BCUT2D eigenvalue weighted by molar-refractivity contribution is 7.22. The predicted octanol–water partition coefficient (Wildman–Crippen LogP) is 6.58. The van der Waals surface area contributed by atoms with Gasteiger partial charge in [-0.05, 0) is 67.0 Å². The lowest BCUT2D eigenvalue weighted by Gasteiger charge is -2.24. The second-order valence-electron chi connectivity index (χ2n) is 9.05. The molecule has 1 amide bonds. The second-order valence-corrected chi connectivity index (χ2v) is 10.1. The molecule has 2 heterocycles. The molecule has 3 aromatic carbocycles. The van der Waals surface area contributed by atoms with Crippen LogP contribution in [-0.4, -0.2) is 42.0 Å². The van der Waals surface area contributed by atoms with Crippen molar-refractivity contribution in [3.63, 3.8) is 0 Å². The van der Waals surface area contributed by atoms with Gasteiger partial charge in [0, 0.05) is 18.5 Å². The zero-order valence-corrected chi connectivity index (χ0v) is 23.0. The monoisotopic (exact) mass is 535 g/mol. The molecule has 0 aliphatic heterocycles. The Kier molecular flexibility index (Phi) is 7.97. The van der Waals surface area contributed by atoms with Gasteiger partial charge in [0.1, 0.15) is 11.1 Å². The molecule has 0 atom stereocenters. The topological polar surface area (TPSA) is 66.7 Å². The summed E-state index contributed by atoms with van der Waals surface area (Å²) in [5.41, 5.74) is 2.96. The molecule has 0 bridgehead atoms. The summed E-state index contributed by atoms with van der Waals surface area (Å²) >= 11 is 1.48. The largest absolute Gasteiger partial charge is 0.422 e. The number of carbonyl (C=O) groups is 1. The molecule has 0 spiro atoms. The van der Waals surface area contributed by atoms with Crippen LogP contribution >= 0.6 is 23.7 Å². The van der Waals surface area contributed by atoms with Crippen molar-refractivity contribution in [3.05, 3.63) is 81.7 Å². The number of benzene rings is 3. The molecule has 0 radical (unpaired) electrons. The maximum absolute atomic E-state index is 14.0. The molecule has 2 aromatic heterocycles. The van der Waals surface area contributed by atoms with Crippen molar-refractivity contribution in [2.45, 2.75) is 27.7 Å². The average Bonchev–Trinajstić information content (AvgIpc) is 3.30. The van der Waals surface area contributed by atoms with Crippen LogP contribution in [0.5, 0.6) is 0 Å². The van der Waals surface area contributed by atoms with E-state index in [0.29, 0.717) is 23.8 Å². The molecule has 0 saturated carbocycles. The van der Waals surface area contributed by atoms with Gasteiger partial charge in [-0.25, -0.2) is 9.78 Å². The fourth-order valence-electron chi connectivity index (χ4n) is 4.71. The summed E-state index contributed by atoms with van der Waals surface area (Å²) in [5.74, 6) is -0.390. The third kappa shape index (κ3) is 5.12. The van der Waals surface area contributed by atoms with E-state index in [1.54, 1.807) is 17.0 Å². The van der Waals surface area contributed by atoms with Crippen LogP contribution in [0.25, 0.3) is 32.0 Å². The van der Waals surface area contributed by atoms with Gasteiger partial charge >= 0.3 is 5.63 Å². The number of hydrogen-bond acceptors (Lipinski definition) is 6. The van der Waals surface area contributed by atoms with Crippen LogP contribution in [0.1, 0.15) is 35.3 Å². The van der Waals surface area contributed by atoms with E-state index >= 15 is 0 Å². The van der Waals surface area contributed by atoms with Gasteiger partial charge in [-0.2, -0.15) is 0 Å². The van der Waals surface area contributed by atoms with Crippen LogP contribution < -0.4 is 10.5 Å². The number of fused-ring (bicyclic) bond motifs is 4. The molecular formula is C29H30ClN3O3S. The van der Waals surface area contributed by atoms with E-state index in [9.17, 15) is 9.59 Å². The number of amides is 1. The second kappa shape index (κ2) is 11.0. The summed E-state index contributed by atoms with van der Waals surface area (Å²) in [6.07, 6.45) is 0. The average molecular weight is 536 g/mol. The van der Waals surface area contributed by atoms with E-state index in [4.69, 9.17) is 9.40 Å². The summed E-state index contributed by atoms with van der Waals surface area (Å²) in [7, 11) is 0. The van der Waals surface area contributed by atoms with Gasteiger partial charge in [0.05, 0.1) is 10.2 Å². The number of nitrogens with zero attached hydrogens (tertiary/aromatic N) is 3. The van der Waals surface area contributed by atoms with Crippen molar-refractivity contribution in [1.82, 2.24) is 9.88 Å². The number of halogens is 1. The lowest BCUT2D eigenvalue weighted by molar-refractivity contribution is 0.0980. The highest BCUT2D eigenvalue weighted by Gasteiger charge is 2.26. The number of aryl methyl sites for hydroxylation is 2. The molecule has 5 rings (SSSR count). The Morgan fingerprint density at radius 2 is 1.73 bits per heavy atom. The highest BCUT2D eigenvalue weighted by atomic mass is 35.5. The Morgan fingerprint density at radius 3 is 2.49 bits per heavy atom. The standard InChI is InChI=1S/C29H29N3O3S.ClH/c1-5-31(6-2)13-14-32(29-30-26-19(4)15-18(3)16-25(26)36-29)27(33)23-17-22-21-10-8-7-9-20(21)11-12-24(22)35-28(23)34;/h7-12,15-17H,5-6,13-14H2,1-4H3;1H. The normalized spacial score (nSPS) is 11.4. The summed E-state index contributed by atoms with van der Waals surface area (Å²) < 4.78 is 6.67. The van der Waals surface area contributed by atoms with Crippen LogP contribution in [0.3, 0.4) is 0 Å². The summed E-state index contributed by atoms with van der Waals surface area (Å²) in [5, 5.41) is 3.30. The Morgan fingerprint density at radius 1 is 0.973 bits per heavy atom. The third-order valence-electron chi connectivity index (χ3n) is 6.70. The molecule has 0 unspecified atom stereocenters. The number of aromatic nitrogens is 1. The van der Waals surface area contributed by atoms with Gasteiger partial charge in [-0.1, -0.05) is 61.6 Å². The summed E-state index contributed by atoms with van der Waals surface area (Å²) in [6, 6.07) is 17.4. The molecule has 0 N–H and O–H groups in total. The number of carbonyl (C=O) groups excluding carboxylic acids is 1. The summed E-state index contributed by atoms with van der Waals surface area (Å²) in [6.45, 7) is 11.1. The van der Waals surface area contributed by atoms with Crippen molar-refractivity contribution in [1.29, 1.82) is 0 Å². The number of anilines is 1. The van der Waals surface area contributed by atoms with Crippen LogP contribution in [0.4, 0.5) is 5.13 Å². The molecule has 5 aromatic rings. The Balaban J connectivity index is 0.00000320. The number of hydrogen-bond donors (Lipinski definition) is 0. The Hall–Kier alpha value is -3.26. The number of likely N-dealkylation sites (N-methyl/N-ethyl adjacent to an activating group) is 1. The fourth-order valence-corrected chi connectivity index (χ4v) is 5.87. The molecule has 8 heteroatoms. The zero-order valence-electron chi connectivity index (χ0n) is 21.4. The smallest absolute Gasteiger partial charge is 0.349 e. The van der Waals surface area contributed by atoms with Crippen molar-refractivity contribution in [2.75, 3.05) is 31.1 Å². The molecular weight excluding hydrogens is 506 g/mol. The van der Waals surface area contributed by atoms with Crippen molar-refractivity contribution in [2.24, 2.45) is 0 Å². The first kappa shape index (κ1) is 26.8. The first-order valence-electron chi connectivity index (χ1n) is 12.3. The maximum atomic E-state index is 14.0. The van der Waals surface area contributed by atoms with E-state index in [0.717, 1.165) is 50.6 Å². The molecule has 37 heavy (non-hydrogen) atoms. The summed E-state index contributed by atoms with van der Waals surface area (Å²) in [4.78, 5) is 35.7.